The molecule has 0 bridgehead atoms. The van der Waals surface area contributed by atoms with Crippen molar-refractivity contribution in [3.63, 3.8) is 0 Å². The molecular weight excluding hydrogens is 1580 g/mol. The normalized spacial score (nSPS) is 11.7. The van der Waals surface area contributed by atoms with Gasteiger partial charge in [-0.3, -0.25) is 59.6 Å². The molecule has 0 unspecified atom stereocenters. The third kappa shape index (κ3) is 20.6. The Morgan fingerprint density at radius 3 is 1.10 bits per heavy atom. The zero-order chi connectivity index (χ0) is 86.9. The molecule has 31 heteroatoms. The topological polar surface area (TPSA) is 404 Å². The molecule has 11 heterocycles. The first-order valence-corrected chi connectivity index (χ1v) is 39.0. The molecule has 16 aromatic rings. The number of aromatic amines is 4. The minimum Gasteiger partial charge on any atom is -0.495 e. The molecule has 0 atom stereocenters. The largest absolute Gasteiger partial charge is 0.495 e. The lowest BCUT2D eigenvalue weighted by Crippen LogP contribution is -2.25. The number of ether oxygens (including phenoxy) is 7. The number of aromatic carboxylic acids is 1. The van der Waals surface area contributed by atoms with E-state index >= 15 is 0 Å². The highest BCUT2D eigenvalue weighted by atomic mass is 16.5. The summed E-state index contributed by atoms with van der Waals surface area (Å²) in [6.45, 7) is 4.45. The molecule has 0 spiro atoms. The Kier molecular flexibility index (Phi) is 28.4. The first-order chi connectivity index (χ1) is 60.6. The van der Waals surface area contributed by atoms with Gasteiger partial charge >= 0.3 is 17.9 Å². The number of esters is 2. The van der Waals surface area contributed by atoms with Crippen LogP contribution in [0.1, 0.15) is 141 Å². The Labute approximate surface area is 709 Å². The van der Waals surface area contributed by atoms with Crippen molar-refractivity contribution in [3.8, 4) is 28.7 Å². The number of aryl methyl sites for hydroxylation is 1. The van der Waals surface area contributed by atoms with Gasteiger partial charge in [-0.2, -0.15) is 25.5 Å². The first-order valence-electron chi connectivity index (χ1n) is 39.0. The van der Waals surface area contributed by atoms with E-state index in [1.807, 2.05) is 141 Å². The molecular formula is C93H85N17O14. The summed E-state index contributed by atoms with van der Waals surface area (Å²) in [4.78, 5) is 80.8. The van der Waals surface area contributed by atoms with Gasteiger partial charge in [0.25, 0.3) is 11.8 Å². The molecule has 11 aromatic heterocycles. The Bertz CT molecular complexity index is 6560. The van der Waals surface area contributed by atoms with Crippen molar-refractivity contribution >= 4 is 145 Å². The molecule has 0 saturated heterocycles. The van der Waals surface area contributed by atoms with Gasteiger partial charge in [-0.25, -0.2) is 14.4 Å². The second-order valence-electron chi connectivity index (χ2n) is 27.1. The molecule has 7 N–H and O–H groups in total. The molecule has 0 radical (unpaired) electrons. The molecule has 17 rings (SSSR count). The van der Waals surface area contributed by atoms with E-state index in [1.54, 1.807) is 163 Å². The highest BCUT2D eigenvalue weighted by Gasteiger charge is 2.28. The van der Waals surface area contributed by atoms with E-state index in [0.717, 1.165) is 96.0 Å². The summed E-state index contributed by atoms with van der Waals surface area (Å²) in [5.41, 5.74) is 14.3. The molecule has 124 heavy (non-hydrogen) atoms. The predicted octanol–water partition coefficient (Wildman–Crippen LogP) is 16.2. The number of aromatic nitrogens is 15. The zero-order valence-electron chi connectivity index (χ0n) is 68.6. The van der Waals surface area contributed by atoms with E-state index in [0.29, 0.717) is 110 Å². The van der Waals surface area contributed by atoms with Crippen molar-refractivity contribution in [2.75, 3.05) is 48.8 Å². The quantitative estimate of drug-likeness (QED) is 0.0261. The van der Waals surface area contributed by atoms with Crippen LogP contribution in [0.4, 0.5) is 0 Å². The van der Waals surface area contributed by atoms with Crippen molar-refractivity contribution in [3.05, 3.63) is 292 Å². The van der Waals surface area contributed by atoms with Gasteiger partial charge in [-0.1, -0.05) is 30.4 Å². The second-order valence-corrected chi connectivity index (χ2v) is 27.1. The summed E-state index contributed by atoms with van der Waals surface area (Å²) in [7, 11) is 9.50. The third-order valence-electron chi connectivity index (χ3n) is 19.2. The van der Waals surface area contributed by atoms with E-state index in [-0.39, 0.29) is 17.4 Å². The van der Waals surface area contributed by atoms with Crippen LogP contribution in [0, 0.1) is 0 Å². The van der Waals surface area contributed by atoms with E-state index < -0.39 is 17.9 Å². The number of methoxy groups -OCH3 is 5. The number of amides is 2. The summed E-state index contributed by atoms with van der Waals surface area (Å²) < 4.78 is 44.7. The van der Waals surface area contributed by atoms with Gasteiger partial charge in [0.05, 0.1) is 156 Å². The van der Waals surface area contributed by atoms with Gasteiger partial charge in [-0.15, -0.1) is 0 Å². The Morgan fingerprint density at radius 1 is 0.419 bits per heavy atom. The lowest BCUT2D eigenvalue weighted by molar-refractivity contribution is 0.0513. The smallest absolute Gasteiger partial charge is 0.341 e. The fourth-order valence-electron chi connectivity index (χ4n) is 13.1. The van der Waals surface area contributed by atoms with Crippen molar-refractivity contribution in [1.82, 2.24) is 86.1 Å². The molecule has 1 fully saturated rings. The summed E-state index contributed by atoms with van der Waals surface area (Å²) in [6.07, 6.45) is 40.0. The highest BCUT2D eigenvalue weighted by molar-refractivity contribution is 6.09. The Hall–Kier alpha value is -16.5. The molecule has 1 saturated carbocycles. The molecule has 5 aromatic carbocycles. The van der Waals surface area contributed by atoms with Crippen molar-refractivity contribution in [2.24, 2.45) is 7.05 Å². The lowest BCUT2D eigenvalue weighted by atomic mass is 10.1. The summed E-state index contributed by atoms with van der Waals surface area (Å²) >= 11 is 0. The van der Waals surface area contributed by atoms with Crippen molar-refractivity contribution < 1.29 is 66.7 Å². The molecule has 2 amide bonds. The maximum Gasteiger partial charge on any atom is 0.341 e. The van der Waals surface area contributed by atoms with Crippen LogP contribution in [0.5, 0.6) is 28.7 Å². The Morgan fingerprint density at radius 2 is 0.750 bits per heavy atom. The SMILES string of the molecule is CCOC(=O)c1ccc2c(c(/C=C/c3ccncc3)nn2C)c1OC.CCOC(=O)c1ccc2n[nH]c(/C=C/c3ccncc3)c2c1OC.COc1c(C(=O)NC2CC2)ccc2n[nH]c(/C=C/c3ccncc3)c12.COc1c(C(=O)NCc2ccco2)ccc2n[nH]c(/C=C/c3ccncc3)c12.COc1c(C(=O)O)ccc2n[nH]c(/C=C/c3ccncc3)c12. The second kappa shape index (κ2) is 41.3. The standard InChI is InChI=1S/C21H18N4O3.C19H18N4O2.C19H19N3O3.C18H17N3O3.C16H13N3O3/c1-27-20-16(21(26)23-13-15-3-2-12-28-15)5-7-18-19(20)17(24-25-18)6-4-14-8-10-22-11-9-14;1-25-18-14(19(24)21-13-3-4-13)5-7-16-17(18)15(22-23-16)6-2-12-8-10-20-11-9-12;1-4-25-19(23)14-6-8-16-17(18(14)24-3)15(21-22(16)2)7-5-13-9-11-20-12-10-13;1-3-24-18(22)13-5-7-15-16(17(13)23-2)14(20-21-15)6-4-12-8-10-19-11-9-12;1-22-15-11(16(20)21)3-5-13-14(15)12(18-19-13)4-2-10-6-8-17-9-7-10/h2-12H,13H2,1H3,(H,23,26)(H,24,25);2,5-11,13H,3-4H2,1H3,(H,21,24)(H,22,23);5-12H,4H2,1-3H3;4-11H,3H2,1-2H3,(H,20,21);2-9H,1H3,(H,18,19)(H,20,21)/b6-4+;6-2+;7-5+;6-4+;4-2+. The number of nitrogens with zero attached hydrogens (tertiary/aromatic N) is 11. The van der Waals surface area contributed by atoms with Crippen molar-refractivity contribution in [1.29, 1.82) is 0 Å². The van der Waals surface area contributed by atoms with Crippen molar-refractivity contribution in [2.45, 2.75) is 39.3 Å². The number of carbonyl (C=O) groups excluding carboxylic acids is 4. The molecule has 31 nitrogen and oxygen atoms in total. The maximum absolute atomic E-state index is 12.7. The highest BCUT2D eigenvalue weighted by Crippen LogP contribution is 2.39. The van der Waals surface area contributed by atoms with Gasteiger partial charge in [0.1, 0.15) is 51.2 Å². The number of benzene rings is 5. The molecule has 1 aliphatic rings. The monoisotopic (exact) mass is 1660 g/mol. The lowest BCUT2D eigenvalue weighted by Gasteiger charge is -2.10. The number of nitrogens with one attached hydrogen (secondary N) is 6. The van der Waals surface area contributed by atoms with E-state index in [2.05, 4.69) is 81.4 Å². The van der Waals surface area contributed by atoms with Gasteiger partial charge in [0, 0.05) is 75.1 Å². The van der Waals surface area contributed by atoms with E-state index in [4.69, 9.17) is 37.6 Å². The number of pyridine rings is 5. The van der Waals surface area contributed by atoms with Crippen LogP contribution in [0.2, 0.25) is 0 Å². The Balaban J connectivity index is 0.000000133. The van der Waals surface area contributed by atoms with E-state index in [1.165, 1.54) is 20.3 Å². The number of fused-ring (bicyclic) bond motifs is 5. The van der Waals surface area contributed by atoms with Crippen LogP contribution in [0.3, 0.4) is 0 Å². The zero-order valence-corrected chi connectivity index (χ0v) is 68.6. The summed E-state index contributed by atoms with van der Waals surface area (Å²) in [5, 5.41) is 52.3. The van der Waals surface area contributed by atoms with E-state index in [9.17, 15) is 29.1 Å². The number of rotatable bonds is 25. The van der Waals surface area contributed by atoms with Gasteiger partial charge in [0.15, 0.2) is 0 Å². The number of carboxylic acid groups (broad SMARTS) is 1. The first kappa shape index (κ1) is 85.4. The minimum atomic E-state index is -1.04. The minimum absolute atomic E-state index is 0.105. The number of H-pyrrole nitrogens is 4. The number of carbonyl (C=O) groups is 5. The molecule has 626 valence electrons. The average Bonchev–Trinajstić information content (AvgIpc) is 1.66. The van der Waals surface area contributed by atoms with Crippen LogP contribution >= 0.6 is 0 Å². The molecule has 0 aliphatic heterocycles. The molecule has 1 aliphatic carbocycles. The van der Waals surface area contributed by atoms with Crippen LogP contribution in [0.15, 0.2) is 206 Å². The summed E-state index contributed by atoms with van der Waals surface area (Å²) in [5.74, 6) is 0.696. The van der Waals surface area contributed by atoms with Gasteiger partial charge in [0.2, 0.25) is 0 Å². The maximum atomic E-state index is 12.7. The average molecular weight is 1660 g/mol. The number of hydrogen-bond donors (Lipinski definition) is 7. The number of furan rings is 1. The van der Waals surface area contributed by atoms with Gasteiger partial charge in [-0.05, 0) is 218 Å². The summed E-state index contributed by atoms with van der Waals surface area (Å²) in [6, 6.07) is 40.1. The van der Waals surface area contributed by atoms with Gasteiger partial charge < -0.3 is 53.3 Å². The number of hydrogen-bond acceptors (Lipinski definition) is 23. The fourth-order valence-corrected chi connectivity index (χ4v) is 13.1. The number of carboxylic acids is 1. The van der Waals surface area contributed by atoms with Crippen LogP contribution in [-0.4, -0.2) is 165 Å². The third-order valence-corrected chi connectivity index (χ3v) is 19.2. The van der Waals surface area contributed by atoms with Crippen LogP contribution in [-0.2, 0) is 23.1 Å². The predicted molar refractivity (Wildman–Crippen MR) is 473 cm³/mol. The fraction of sp³-hybridized carbons (Fsp3) is 0.151. The van der Waals surface area contributed by atoms with Crippen LogP contribution in [0.25, 0.3) is 115 Å². The van der Waals surface area contributed by atoms with Crippen LogP contribution < -0.4 is 34.3 Å².